The number of pyridine rings is 1. The SMILES string of the molecule is O=C(Nc1ccc(N2CCNCC2)cn1)C1CCC2CN1C(=O)N2OS(=O)(=O)O. The molecule has 0 saturated carbocycles. The Morgan fingerprint density at radius 2 is 2.03 bits per heavy atom. The molecule has 0 spiro atoms. The van der Waals surface area contributed by atoms with E-state index in [2.05, 4.69) is 24.8 Å². The summed E-state index contributed by atoms with van der Waals surface area (Å²) in [7, 11) is -4.82. The Morgan fingerprint density at radius 3 is 2.69 bits per heavy atom. The number of carbonyl (C=O) groups excluding carboxylic acids is 2. The number of nitrogens with zero attached hydrogens (tertiary/aromatic N) is 4. The van der Waals surface area contributed by atoms with Crippen LogP contribution < -0.4 is 15.5 Å². The number of hydrogen-bond acceptors (Lipinski definition) is 8. The first-order valence-corrected chi connectivity index (χ1v) is 10.7. The molecule has 0 aromatic carbocycles. The van der Waals surface area contributed by atoms with E-state index >= 15 is 0 Å². The normalized spacial score (nSPS) is 24.7. The van der Waals surface area contributed by atoms with Crippen LogP contribution in [0, 0.1) is 0 Å². The molecule has 3 aliphatic rings. The molecule has 2 bridgehead atoms. The number of hydroxylamine groups is 2. The molecule has 4 heterocycles. The van der Waals surface area contributed by atoms with E-state index in [9.17, 15) is 18.0 Å². The van der Waals surface area contributed by atoms with Crippen molar-refractivity contribution in [3.05, 3.63) is 18.3 Å². The number of rotatable bonds is 5. The van der Waals surface area contributed by atoms with Gasteiger partial charge >= 0.3 is 16.4 Å². The molecule has 12 nitrogen and oxygen atoms in total. The van der Waals surface area contributed by atoms with Crippen LogP contribution in [0.15, 0.2) is 18.3 Å². The van der Waals surface area contributed by atoms with Gasteiger partial charge in [-0.2, -0.15) is 13.5 Å². The fourth-order valence-electron chi connectivity index (χ4n) is 3.88. The van der Waals surface area contributed by atoms with Crippen LogP contribution in [0.2, 0.25) is 0 Å². The average Bonchev–Trinajstić information content (AvgIpc) is 2.93. The van der Waals surface area contributed by atoms with E-state index in [1.807, 2.05) is 6.07 Å². The summed E-state index contributed by atoms with van der Waals surface area (Å²) in [4.78, 5) is 32.8. The molecule has 3 aliphatic heterocycles. The molecule has 3 fully saturated rings. The van der Waals surface area contributed by atoms with E-state index in [4.69, 9.17) is 4.55 Å². The Kier molecular flexibility index (Phi) is 5.29. The Labute approximate surface area is 167 Å². The van der Waals surface area contributed by atoms with Crippen molar-refractivity contribution in [1.82, 2.24) is 20.3 Å². The van der Waals surface area contributed by atoms with Crippen LogP contribution in [-0.4, -0.2) is 84.7 Å². The molecule has 3 N–H and O–H groups in total. The number of urea groups is 1. The van der Waals surface area contributed by atoms with Crippen LogP contribution >= 0.6 is 0 Å². The lowest BCUT2D eigenvalue weighted by Gasteiger charge is -2.30. The molecule has 158 valence electrons. The van der Waals surface area contributed by atoms with Crippen molar-refractivity contribution in [3.63, 3.8) is 0 Å². The summed E-state index contributed by atoms with van der Waals surface area (Å²) in [6, 6.07) is 1.51. The quantitative estimate of drug-likeness (QED) is 0.527. The highest BCUT2D eigenvalue weighted by Gasteiger charge is 2.49. The molecule has 0 aliphatic carbocycles. The summed E-state index contributed by atoms with van der Waals surface area (Å²) in [6.45, 7) is 3.72. The van der Waals surface area contributed by atoms with Gasteiger partial charge in [0.2, 0.25) is 5.91 Å². The molecule has 1 aromatic heterocycles. The third-order valence-electron chi connectivity index (χ3n) is 5.28. The van der Waals surface area contributed by atoms with Crippen LogP contribution in [0.4, 0.5) is 16.3 Å². The Bertz CT molecular complexity index is 888. The Balaban J connectivity index is 1.39. The van der Waals surface area contributed by atoms with Crippen LogP contribution in [0.3, 0.4) is 0 Å². The third kappa shape index (κ3) is 4.27. The van der Waals surface area contributed by atoms with Crippen molar-refractivity contribution in [2.45, 2.75) is 24.9 Å². The van der Waals surface area contributed by atoms with Gasteiger partial charge in [-0.15, -0.1) is 4.28 Å². The molecule has 2 atom stereocenters. The van der Waals surface area contributed by atoms with E-state index in [-0.39, 0.29) is 6.54 Å². The van der Waals surface area contributed by atoms with Gasteiger partial charge in [-0.25, -0.2) is 9.78 Å². The molecule has 0 radical (unpaired) electrons. The van der Waals surface area contributed by atoms with Crippen LogP contribution in [0.25, 0.3) is 0 Å². The maximum atomic E-state index is 12.7. The second-order valence-electron chi connectivity index (χ2n) is 7.14. The summed E-state index contributed by atoms with van der Waals surface area (Å²) >= 11 is 0. The highest BCUT2D eigenvalue weighted by Crippen LogP contribution is 2.31. The van der Waals surface area contributed by atoms with E-state index < -0.39 is 34.4 Å². The zero-order chi connectivity index (χ0) is 20.6. The highest BCUT2D eigenvalue weighted by atomic mass is 32.3. The van der Waals surface area contributed by atoms with Crippen molar-refractivity contribution in [2.75, 3.05) is 42.9 Å². The molecule has 2 unspecified atom stereocenters. The molecule has 29 heavy (non-hydrogen) atoms. The highest BCUT2D eigenvalue weighted by molar-refractivity contribution is 7.80. The van der Waals surface area contributed by atoms with Gasteiger partial charge < -0.3 is 20.4 Å². The number of nitrogens with one attached hydrogen (secondary N) is 2. The van der Waals surface area contributed by atoms with Crippen molar-refractivity contribution in [3.8, 4) is 0 Å². The number of piperidine rings is 1. The number of carbonyl (C=O) groups is 2. The predicted octanol–water partition coefficient (Wildman–Crippen LogP) is -0.567. The minimum absolute atomic E-state index is 0.141. The smallest absolute Gasteiger partial charge is 0.368 e. The lowest BCUT2D eigenvalue weighted by atomic mass is 10.0. The summed E-state index contributed by atoms with van der Waals surface area (Å²) in [5.41, 5.74) is 0.970. The molecule has 1 aromatic rings. The van der Waals surface area contributed by atoms with Gasteiger partial charge in [-0.3, -0.25) is 9.35 Å². The number of anilines is 2. The van der Waals surface area contributed by atoms with Gasteiger partial charge in [-0.05, 0) is 25.0 Å². The maximum Gasteiger partial charge on any atom is 0.418 e. The van der Waals surface area contributed by atoms with Crippen LogP contribution in [0.5, 0.6) is 0 Å². The largest absolute Gasteiger partial charge is 0.418 e. The topological polar surface area (TPSA) is 144 Å². The van der Waals surface area contributed by atoms with Gasteiger partial charge in [0.1, 0.15) is 11.9 Å². The van der Waals surface area contributed by atoms with Gasteiger partial charge in [0.05, 0.1) is 17.9 Å². The summed E-state index contributed by atoms with van der Waals surface area (Å²) < 4.78 is 35.1. The number of piperazine rings is 1. The molecule has 3 amide bonds. The minimum Gasteiger partial charge on any atom is -0.368 e. The molecular weight excluding hydrogens is 404 g/mol. The number of fused-ring (bicyclic) bond motifs is 2. The first-order valence-electron chi connectivity index (χ1n) is 9.31. The monoisotopic (exact) mass is 426 g/mol. The van der Waals surface area contributed by atoms with E-state index in [0.29, 0.717) is 23.7 Å². The first-order chi connectivity index (χ1) is 13.8. The average molecular weight is 426 g/mol. The zero-order valence-corrected chi connectivity index (χ0v) is 16.3. The fourth-order valence-corrected chi connectivity index (χ4v) is 4.27. The van der Waals surface area contributed by atoms with Gasteiger partial charge in [0.15, 0.2) is 0 Å². The number of aromatic nitrogens is 1. The second kappa shape index (κ2) is 7.74. The van der Waals surface area contributed by atoms with E-state index in [0.717, 1.165) is 31.9 Å². The number of hydrogen-bond donors (Lipinski definition) is 3. The van der Waals surface area contributed by atoms with E-state index in [1.54, 1.807) is 12.3 Å². The van der Waals surface area contributed by atoms with Crippen molar-refractivity contribution >= 4 is 33.8 Å². The second-order valence-corrected chi connectivity index (χ2v) is 8.14. The first kappa shape index (κ1) is 19.8. The fraction of sp³-hybridized carbons (Fsp3) is 0.562. The lowest BCUT2D eigenvalue weighted by Crippen LogP contribution is -2.47. The summed E-state index contributed by atoms with van der Waals surface area (Å²) in [6.07, 6.45) is 2.40. The standard InChI is InChI=1S/C16H22N6O6S/c23-15(19-14-4-2-11(9-18-14)20-7-5-17-6-8-20)13-3-1-12-10-21(13)16(24)22(12)28-29(25,26)27/h2,4,9,12-13,17H,1,3,5-8,10H2,(H,18,19,23)(H,25,26,27). The van der Waals surface area contributed by atoms with Gasteiger partial charge in [0.25, 0.3) is 0 Å². The Morgan fingerprint density at radius 1 is 1.28 bits per heavy atom. The van der Waals surface area contributed by atoms with Gasteiger partial charge in [0, 0.05) is 32.7 Å². The minimum atomic E-state index is -4.82. The maximum absolute atomic E-state index is 12.7. The van der Waals surface area contributed by atoms with Crippen LogP contribution in [0.1, 0.15) is 12.8 Å². The lowest BCUT2D eigenvalue weighted by molar-refractivity contribution is -0.120. The summed E-state index contributed by atoms with van der Waals surface area (Å²) in [5, 5.41) is 6.60. The van der Waals surface area contributed by atoms with Gasteiger partial charge in [-0.1, -0.05) is 0 Å². The molecular formula is C16H22N6O6S. The third-order valence-corrected chi connectivity index (χ3v) is 5.63. The van der Waals surface area contributed by atoms with Crippen molar-refractivity contribution < 1.29 is 26.8 Å². The Hall–Kier alpha value is -2.48. The summed E-state index contributed by atoms with van der Waals surface area (Å²) in [5.74, 6) is -0.0402. The predicted molar refractivity (Wildman–Crippen MR) is 101 cm³/mol. The molecule has 13 heteroatoms. The van der Waals surface area contributed by atoms with E-state index in [1.165, 1.54) is 4.90 Å². The molecule has 4 rings (SSSR count). The van der Waals surface area contributed by atoms with Crippen molar-refractivity contribution in [1.29, 1.82) is 0 Å². The van der Waals surface area contributed by atoms with Crippen molar-refractivity contribution in [2.24, 2.45) is 0 Å². The van der Waals surface area contributed by atoms with Crippen LogP contribution in [-0.2, 0) is 19.5 Å². The number of amides is 3. The zero-order valence-electron chi connectivity index (χ0n) is 15.5. The molecule has 3 saturated heterocycles.